The number of carbonyl (C=O) groups is 1. The number of ether oxygens (including phenoxy) is 2. The van der Waals surface area contributed by atoms with Gasteiger partial charge in [0.2, 0.25) is 11.1 Å². The van der Waals surface area contributed by atoms with E-state index >= 15 is 0 Å². The van der Waals surface area contributed by atoms with Gasteiger partial charge >= 0.3 is 11.3 Å². The maximum atomic E-state index is 13.0. The first-order valence-corrected chi connectivity index (χ1v) is 10.4. The van der Waals surface area contributed by atoms with Gasteiger partial charge in [-0.05, 0) is 41.3 Å². The molecule has 1 aliphatic heterocycles. The number of fused-ring (bicyclic) bond motifs is 3. The molecule has 2 aromatic carbocycles. The molecule has 8 nitrogen and oxygen atoms in total. The Morgan fingerprint density at radius 2 is 1.90 bits per heavy atom. The molecule has 1 N–H and O–H groups in total. The van der Waals surface area contributed by atoms with Gasteiger partial charge in [0.1, 0.15) is 0 Å². The zero-order valence-electron chi connectivity index (χ0n) is 17.0. The van der Waals surface area contributed by atoms with Crippen molar-refractivity contribution in [3.8, 4) is 22.8 Å². The Morgan fingerprint density at radius 3 is 2.57 bits per heavy atom. The maximum Gasteiger partial charge on any atom is 0.325 e. The molecular weight excluding hydrogens is 404 g/mol. The van der Waals surface area contributed by atoms with E-state index in [-0.39, 0.29) is 11.5 Å². The summed E-state index contributed by atoms with van der Waals surface area (Å²) in [6.07, 6.45) is 1.16. The summed E-state index contributed by atoms with van der Waals surface area (Å²) < 4.78 is 12.4. The Labute approximate surface area is 177 Å². The lowest BCUT2D eigenvalue weighted by Gasteiger charge is -2.31. The lowest BCUT2D eigenvalue weighted by Crippen LogP contribution is -2.60. The molecule has 154 valence electrons. The second-order valence-electron chi connectivity index (χ2n) is 6.65. The van der Waals surface area contributed by atoms with Crippen LogP contribution >= 0.6 is 11.8 Å². The summed E-state index contributed by atoms with van der Waals surface area (Å²) in [5.74, 6) is 0.920. The number of hydrogen-bond acceptors (Lipinski definition) is 6. The summed E-state index contributed by atoms with van der Waals surface area (Å²) in [6.45, 7) is 1.50. The molecule has 4 rings (SSSR count). The van der Waals surface area contributed by atoms with E-state index in [1.165, 1.54) is 18.7 Å². The topological polar surface area (TPSA) is 88.4 Å². The molecule has 1 aliphatic rings. The molecule has 1 aromatic heterocycles. The molecule has 0 fully saturated rings. The van der Waals surface area contributed by atoms with Gasteiger partial charge in [0.05, 0.1) is 25.5 Å². The molecule has 3 aromatic rings. The lowest BCUT2D eigenvalue weighted by molar-refractivity contribution is -0.763. The number of amides is 1. The fourth-order valence-electron chi connectivity index (χ4n) is 3.72. The minimum atomic E-state index is -0.666. The predicted octanol–water partition coefficient (Wildman–Crippen LogP) is 2.38. The second-order valence-corrected chi connectivity index (χ2v) is 7.45. The fourth-order valence-corrected chi connectivity index (χ4v) is 4.08. The Balaban J connectivity index is 2.06. The van der Waals surface area contributed by atoms with E-state index < -0.39 is 6.17 Å². The van der Waals surface area contributed by atoms with E-state index in [0.29, 0.717) is 33.6 Å². The Morgan fingerprint density at radius 1 is 1.17 bits per heavy atom. The van der Waals surface area contributed by atoms with Gasteiger partial charge in [-0.15, -0.1) is 0 Å². The molecule has 0 spiro atoms. The van der Waals surface area contributed by atoms with Gasteiger partial charge in [-0.1, -0.05) is 23.9 Å². The zero-order valence-corrected chi connectivity index (χ0v) is 17.8. The van der Waals surface area contributed by atoms with Crippen LogP contribution in [0.1, 0.15) is 18.7 Å². The van der Waals surface area contributed by atoms with Crippen molar-refractivity contribution in [2.45, 2.75) is 18.2 Å². The van der Waals surface area contributed by atoms with Gasteiger partial charge in [0.25, 0.3) is 6.17 Å². The van der Waals surface area contributed by atoms with Crippen LogP contribution in [-0.4, -0.2) is 36.5 Å². The van der Waals surface area contributed by atoms with Crippen LogP contribution in [0.3, 0.4) is 0 Å². The van der Waals surface area contributed by atoms with E-state index in [1.807, 2.05) is 36.6 Å². The van der Waals surface area contributed by atoms with Crippen molar-refractivity contribution in [3.05, 3.63) is 58.4 Å². The van der Waals surface area contributed by atoms with Crippen LogP contribution in [0.15, 0.2) is 52.4 Å². The number of anilines is 1. The van der Waals surface area contributed by atoms with Crippen molar-refractivity contribution < 1.29 is 19.0 Å². The Hall–Kier alpha value is -3.33. The van der Waals surface area contributed by atoms with E-state index in [9.17, 15) is 9.59 Å². The average Bonchev–Trinajstić information content (AvgIpc) is 2.76. The van der Waals surface area contributed by atoms with Gasteiger partial charge < -0.3 is 9.47 Å². The number of aromatic nitrogens is 3. The fraction of sp³-hybridized carbons (Fsp3) is 0.238. The molecule has 1 amide bonds. The summed E-state index contributed by atoms with van der Waals surface area (Å²) in [5.41, 5.74) is 2.14. The number of nitrogens with zero attached hydrogens (tertiary/aromatic N) is 3. The number of H-pyrrole nitrogens is 1. The summed E-state index contributed by atoms with van der Waals surface area (Å²) in [6, 6.07) is 12.7. The first-order chi connectivity index (χ1) is 14.5. The number of methoxy groups -OCH3 is 2. The van der Waals surface area contributed by atoms with Crippen molar-refractivity contribution in [2.24, 2.45) is 0 Å². The SMILES string of the molecule is COc1ccc([C@H]2N(C(C)=O)c3ccccc3-c3c(=O)[nH]c(SC)n[n+]32)cc1OC. The molecule has 30 heavy (non-hydrogen) atoms. The normalized spacial score (nSPS) is 14.7. The maximum absolute atomic E-state index is 13.0. The number of nitrogens with one attached hydrogen (secondary N) is 1. The first kappa shape index (κ1) is 20.0. The van der Waals surface area contributed by atoms with Crippen molar-refractivity contribution in [3.63, 3.8) is 0 Å². The minimum Gasteiger partial charge on any atom is -0.493 e. The molecule has 9 heteroatoms. The average molecular weight is 425 g/mol. The first-order valence-electron chi connectivity index (χ1n) is 9.21. The predicted molar refractivity (Wildman–Crippen MR) is 113 cm³/mol. The molecule has 0 saturated carbocycles. The number of rotatable bonds is 4. The van der Waals surface area contributed by atoms with E-state index in [4.69, 9.17) is 9.47 Å². The molecule has 0 unspecified atom stereocenters. The van der Waals surface area contributed by atoms with Crippen LogP contribution in [0.25, 0.3) is 11.3 Å². The Kier molecular flexibility index (Phi) is 5.21. The molecule has 0 bridgehead atoms. The van der Waals surface area contributed by atoms with Gasteiger partial charge in [-0.25, -0.2) is 4.90 Å². The lowest BCUT2D eigenvalue weighted by atomic mass is 10.0. The number of carbonyl (C=O) groups excluding carboxylic acids is 1. The van der Waals surface area contributed by atoms with Crippen molar-refractivity contribution in [1.82, 2.24) is 10.1 Å². The van der Waals surface area contributed by atoms with Crippen LogP contribution < -0.4 is 24.6 Å². The number of benzene rings is 2. The molecule has 0 radical (unpaired) electrons. The highest BCUT2D eigenvalue weighted by Crippen LogP contribution is 2.39. The minimum absolute atomic E-state index is 0.173. The summed E-state index contributed by atoms with van der Waals surface area (Å²) >= 11 is 1.32. The Bertz CT molecular complexity index is 1190. The zero-order chi connectivity index (χ0) is 21.4. The van der Waals surface area contributed by atoms with Gasteiger partial charge in [-0.2, -0.15) is 0 Å². The highest BCUT2D eigenvalue weighted by atomic mass is 32.2. The van der Waals surface area contributed by atoms with Crippen LogP contribution in [0.4, 0.5) is 5.69 Å². The van der Waals surface area contributed by atoms with Crippen molar-refractivity contribution in [1.29, 1.82) is 0 Å². The third kappa shape index (κ3) is 3.11. The number of aromatic amines is 1. The van der Waals surface area contributed by atoms with Crippen LogP contribution in [0.5, 0.6) is 11.5 Å². The quantitative estimate of drug-likeness (QED) is 0.510. The monoisotopic (exact) mass is 425 g/mol. The van der Waals surface area contributed by atoms with Gasteiger partial charge in [0, 0.05) is 17.6 Å². The molecule has 0 saturated heterocycles. The third-order valence-electron chi connectivity index (χ3n) is 5.00. The third-order valence-corrected chi connectivity index (χ3v) is 5.57. The molecule has 0 aliphatic carbocycles. The number of thioether (sulfide) groups is 1. The number of hydrogen-bond donors (Lipinski definition) is 1. The van der Waals surface area contributed by atoms with Crippen molar-refractivity contribution >= 4 is 23.4 Å². The smallest absolute Gasteiger partial charge is 0.325 e. The van der Waals surface area contributed by atoms with Crippen LogP contribution in [0.2, 0.25) is 0 Å². The highest BCUT2D eigenvalue weighted by molar-refractivity contribution is 7.98. The van der Waals surface area contributed by atoms with E-state index in [0.717, 1.165) is 5.56 Å². The summed E-state index contributed by atoms with van der Waals surface area (Å²) in [4.78, 5) is 30.3. The van der Waals surface area contributed by atoms with E-state index in [2.05, 4.69) is 10.1 Å². The standard InChI is InChI=1S/C21H20N4O4S/c1-12(26)24-15-8-6-5-7-14(15)18-19(27)22-21(30-4)23-25(18)20(24)13-9-10-16(28-2)17(11-13)29-3/h5-11,20H,1-4H3/p+1/t20-/m0/s1. The number of para-hydroxylation sites is 1. The van der Waals surface area contributed by atoms with Crippen LogP contribution in [-0.2, 0) is 4.79 Å². The largest absolute Gasteiger partial charge is 0.493 e. The van der Waals surface area contributed by atoms with Crippen molar-refractivity contribution in [2.75, 3.05) is 25.4 Å². The molecular formula is C21H21N4O4S+. The summed E-state index contributed by atoms with van der Waals surface area (Å²) in [7, 11) is 3.11. The van der Waals surface area contributed by atoms with Gasteiger partial charge in [0.15, 0.2) is 11.5 Å². The van der Waals surface area contributed by atoms with Crippen LogP contribution in [0, 0.1) is 0 Å². The molecule has 2 heterocycles. The molecule has 1 atom stereocenters. The second kappa shape index (κ2) is 7.83. The van der Waals surface area contributed by atoms with Gasteiger partial charge in [-0.3, -0.25) is 14.6 Å². The summed E-state index contributed by atoms with van der Waals surface area (Å²) in [5, 5.41) is 5.09. The van der Waals surface area contributed by atoms with E-state index in [1.54, 1.807) is 35.9 Å². The highest BCUT2D eigenvalue weighted by Gasteiger charge is 2.45.